The number of amides is 1. The van der Waals surface area contributed by atoms with E-state index in [-0.39, 0.29) is 31.5 Å². The molecule has 9 nitrogen and oxygen atoms in total. The van der Waals surface area contributed by atoms with E-state index in [0.717, 1.165) is 83.5 Å². The zero-order chi connectivity index (χ0) is 52.9. The van der Waals surface area contributed by atoms with Crippen LogP contribution in [-0.4, -0.2) is 74.3 Å². The van der Waals surface area contributed by atoms with Gasteiger partial charge in [-0.1, -0.05) is 240 Å². The summed E-state index contributed by atoms with van der Waals surface area (Å²) in [6.07, 6.45) is 68.2. The molecule has 0 rings (SSSR count). The van der Waals surface area contributed by atoms with Gasteiger partial charge in [0, 0.05) is 12.8 Å². The Labute approximate surface area is 443 Å². The van der Waals surface area contributed by atoms with Gasteiger partial charge in [0.05, 0.1) is 33.8 Å². The standard InChI is InChI=1S/C62H109N2O7P/c1-7-10-13-16-19-22-25-28-30-32-34-37-40-43-46-49-52-55-62(66)71-60(53-50-47-44-41-38-35-27-24-21-18-15-12-9-3)59(58-70-72(67,68)69-57-56-64(4,5)6)63-61(65)54-51-48-45-42-39-36-33-31-29-26-23-20-17-14-11-8-2/h10,13,16,19,22,25,28,30-34,37,40,50,53,59-60H,7-9,11-12,14-15,17-18,20-21,23-24,26-27,29,35-36,38-39,41-49,51-52,54-58H2,1-6H3,(H-,63,65,67,68)/p+1/b13-10-,19-16+,25-22+,30-28-,33-31+,34-32+,40-37+,53-50+. The molecule has 0 aliphatic heterocycles. The highest BCUT2D eigenvalue weighted by atomic mass is 31.2. The Bertz CT molecular complexity index is 1560. The van der Waals surface area contributed by atoms with Gasteiger partial charge in [-0.15, -0.1) is 0 Å². The molecule has 414 valence electrons. The van der Waals surface area contributed by atoms with Crippen molar-refractivity contribution in [2.45, 2.75) is 245 Å². The summed E-state index contributed by atoms with van der Waals surface area (Å²) in [5.41, 5.74) is 0. The second-order valence-electron chi connectivity index (χ2n) is 20.6. The SMILES string of the molecule is CC\C=C/C=C/C=C/C=C\C=C\C=C\CCCCCC(=O)OC(/C=C/CCCCCCCCCCCCC)C(COP(=O)(O)OCC[N+](C)(C)C)NC(=O)CCCCCCC/C=C/CCCCCCCCC. The highest BCUT2D eigenvalue weighted by Gasteiger charge is 2.30. The van der Waals surface area contributed by atoms with Crippen molar-refractivity contribution in [1.29, 1.82) is 0 Å². The molecule has 0 saturated carbocycles. The van der Waals surface area contributed by atoms with Crippen LogP contribution in [0.4, 0.5) is 0 Å². The van der Waals surface area contributed by atoms with E-state index in [4.69, 9.17) is 13.8 Å². The summed E-state index contributed by atoms with van der Waals surface area (Å²) in [4.78, 5) is 37.6. The zero-order valence-electron chi connectivity index (χ0n) is 47.1. The summed E-state index contributed by atoms with van der Waals surface area (Å²) >= 11 is 0. The van der Waals surface area contributed by atoms with Crippen LogP contribution >= 0.6 is 7.82 Å². The van der Waals surface area contributed by atoms with Crippen LogP contribution in [0.3, 0.4) is 0 Å². The molecule has 0 fully saturated rings. The van der Waals surface area contributed by atoms with Crippen LogP contribution < -0.4 is 5.32 Å². The summed E-state index contributed by atoms with van der Waals surface area (Å²) in [6, 6.07) is -0.876. The molecular formula is C62H110N2O7P+. The van der Waals surface area contributed by atoms with Gasteiger partial charge in [-0.05, 0) is 76.7 Å². The maximum Gasteiger partial charge on any atom is 0.472 e. The van der Waals surface area contributed by atoms with Crippen LogP contribution in [0, 0.1) is 0 Å². The average Bonchev–Trinajstić information content (AvgIpc) is 3.34. The molecule has 1 amide bonds. The lowest BCUT2D eigenvalue weighted by molar-refractivity contribution is -0.870. The van der Waals surface area contributed by atoms with Gasteiger partial charge in [0.2, 0.25) is 5.91 Å². The van der Waals surface area contributed by atoms with E-state index in [1.54, 1.807) is 0 Å². The molecule has 0 aliphatic rings. The zero-order valence-corrected chi connectivity index (χ0v) is 48.0. The Hall–Kier alpha value is -3.07. The van der Waals surface area contributed by atoms with Crippen molar-refractivity contribution in [2.24, 2.45) is 0 Å². The molecule has 0 spiro atoms. The summed E-state index contributed by atoms with van der Waals surface area (Å²) in [5.74, 6) is -0.570. The molecule has 0 radical (unpaired) electrons. The van der Waals surface area contributed by atoms with Crippen molar-refractivity contribution in [1.82, 2.24) is 5.32 Å². The van der Waals surface area contributed by atoms with Crippen molar-refractivity contribution in [2.75, 3.05) is 40.9 Å². The Balaban J connectivity index is 5.48. The Kier molecular flexibility index (Phi) is 49.2. The molecule has 0 bridgehead atoms. The fourth-order valence-corrected chi connectivity index (χ4v) is 8.64. The molecule has 3 unspecified atom stereocenters. The van der Waals surface area contributed by atoms with Gasteiger partial charge >= 0.3 is 13.8 Å². The number of carbonyl (C=O) groups is 2. The minimum atomic E-state index is -4.46. The summed E-state index contributed by atoms with van der Waals surface area (Å²) in [5, 5.41) is 3.03. The Morgan fingerprint density at radius 2 is 0.903 bits per heavy atom. The molecule has 72 heavy (non-hydrogen) atoms. The maximum absolute atomic E-state index is 13.5. The van der Waals surface area contributed by atoms with Crippen LogP contribution in [0.1, 0.15) is 233 Å². The number of hydrogen-bond donors (Lipinski definition) is 2. The molecule has 0 saturated heterocycles. The second kappa shape index (κ2) is 51.4. The molecule has 0 aromatic carbocycles. The van der Waals surface area contributed by atoms with E-state index in [9.17, 15) is 19.0 Å². The van der Waals surface area contributed by atoms with E-state index >= 15 is 0 Å². The topological polar surface area (TPSA) is 111 Å². The molecule has 2 N–H and O–H groups in total. The van der Waals surface area contributed by atoms with E-state index in [2.05, 4.69) is 50.4 Å². The Morgan fingerprint density at radius 3 is 1.39 bits per heavy atom. The average molecular weight is 1030 g/mol. The number of phosphoric ester groups is 1. The number of allylic oxidation sites excluding steroid dienone is 15. The fraction of sp³-hybridized carbons (Fsp3) is 0.710. The largest absolute Gasteiger partial charge is 0.472 e. The summed E-state index contributed by atoms with van der Waals surface area (Å²) < 4.78 is 30.6. The van der Waals surface area contributed by atoms with Crippen LogP contribution in [0.5, 0.6) is 0 Å². The predicted octanol–water partition coefficient (Wildman–Crippen LogP) is 17.6. The number of carbonyl (C=O) groups excluding carboxylic acids is 2. The Morgan fingerprint density at radius 1 is 0.500 bits per heavy atom. The molecule has 10 heteroatoms. The molecule has 0 heterocycles. The minimum absolute atomic E-state index is 0.0265. The summed E-state index contributed by atoms with van der Waals surface area (Å²) in [7, 11) is 1.45. The van der Waals surface area contributed by atoms with Crippen molar-refractivity contribution < 1.29 is 37.3 Å². The van der Waals surface area contributed by atoms with Crippen LogP contribution in [0.25, 0.3) is 0 Å². The number of ether oxygens (including phenoxy) is 1. The lowest BCUT2D eigenvalue weighted by Crippen LogP contribution is -2.47. The number of unbranched alkanes of at least 4 members (excludes halogenated alkanes) is 26. The monoisotopic (exact) mass is 1030 g/mol. The number of nitrogens with zero attached hydrogens (tertiary/aromatic N) is 1. The first-order valence-electron chi connectivity index (χ1n) is 29.1. The third-order valence-electron chi connectivity index (χ3n) is 12.4. The van der Waals surface area contributed by atoms with E-state index < -0.39 is 20.0 Å². The number of quaternary nitrogens is 1. The summed E-state index contributed by atoms with van der Waals surface area (Å²) in [6.45, 7) is 6.82. The van der Waals surface area contributed by atoms with Crippen molar-refractivity contribution in [3.63, 3.8) is 0 Å². The third-order valence-corrected chi connectivity index (χ3v) is 13.4. The van der Waals surface area contributed by atoms with Crippen LogP contribution in [-0.2, 0) is 27.9 Å². The molecular weight excluding hydrogens is 916 g/mol. The highest BCUT2D eigenvalue weighted by Crippen LogP contribution is 2.43. The molecule has 3 atom stereocenters. The van der Waals surface area contributed by atoms with Gasteiger partial charge in [0.25, 0.3) is 0 Å². The quantitative estimate of drug-likeness (QED) is 0.0156. The van der Waals surface area contributed by atoms with Gasteiger partial charge in [-0.2, -0.15) is 0 Å². The first-order valence-corrected chi connectivity index (χ1v) is 30.6. The fourth-order valence-electron chi connectivity index (χ4n) is 7.91. The molecule has 0 aromatic heterocycles. The number of likely N-dealkylation sites (N-methyl/N-ethyl adjacent to an activating group) is 1. The first kappa shape index (κ1) is 68.9. The smallest absolute Gasteiger partial charge is 0.456 e. The normalized spacial score (nSPS) is 14.5. The molecule has 0 aliphatic carbocycles. The van der Waals surface area contributed by atoms with Crippen molar-refractivity contribution in [3.05, 3.63) is 97.2 Å². The van der Waals surface area contributed by atoms with E-state index in [1.165, 1.54) is 109 Å². The highest BCUT2D eigenvalue weighted by molar-refractivity contribution is 7.47. The van der Waals surface area contributed by atoms with E-state index in [0.29, 0.717) is 23.9 Å². The number of phosphoric acid groups is 1. The van der Waals surface area contributed by atoms with Gasteiger partial charge in [-0.25, -0.2) is 4.57 Å². The van der Waals surface area contributed by atoms with Crippen molar-refractivity contribution in [3.8, 4) is 0 Å². The number of rotatable bonds is 51. The predicted molar refractivity (Wildman–Crippen MR) is 309 cm³/mol. The minimum Gasteiger partial charge on any atom is -0.456 e. The van der Waals surface area contributed by atoms with Gasteiger partial charge in [0.1, 0.15) is 19.3 Å². The number of hydrogen-bond acceptors (Lipinski definition) is 6. The van der Waals surface area contributed by atoms with Crippen molar-refractivity contribution >= 4 is 19.7 Å². The van der Waals surface area contributed by atoms with Gasteiger partial charge < -0.3 is 19.4 Å². The first-order chi connectivity index (χ1) is 34.9. The lowest BCUT2D eigenvalue weighted by Gasteiger charge is -2.27. The van der Waals surface area contributed by atoms with Crippen LogP contribution in [0.2, 0.25) is 0 Å². The van der Waals surface area contributed by atoms with Gasteiger partial charge in [0.15, 0.2) is 0 Å². The number of esters is 1. The maximum atomic E-state index is 13.5. The van der Waals surface area contributed by atoms with E-state index in [1.807, 2.05) is 94.1 Å². The second-order valence-corrected chi connectivity index (χ2v) is 22.0. The lowest BCUT2D eigenvalue weighted by atomic mass is 10.0. The van der Waals surface area contributed by atoms with Gasteiger partial charge in [-0.3, -0.25) is 18.6 Å². The van der Waals surface area contributed by atoms with Crippen LogP contribution in [0.15, 0.2) is 97.2 Å². The molecule has 0 aromatic rings. The number of nitrogens with one attached hydrogen (secondary N) is 1. The third kappa shape index (κ3) is 51.8.